The number of fused-ring (bicyclic) bond motifs is 3. The van der Waals surface area contributed by atoms with E-state index in [9.17, 15) is 22.8 Å². The van der Waals surface area contributed by atoms with Crippen molar-refractivity contribution in [2.75, 3.05) is 6.61 Å². The van der Waals surface area contributed by atoms with Gasteiger partial charge in [-0.05, 0) is 37.3 Å². The average Bonchev–Trinajstić information content (AvgIpc) is 3.13. The standard InChI is InChI=1S/C19H13F3N4O4/c1-2-29-18(28)14-10-24-26-15-7-8-25(17(27)13(15)9-23-16(14)26)11-3-5-12(6-4-11)30-19(20,21)22/h3-10H,2H2,1H3. The number of carbonyl (C=O) groups is 1. The van der Waals surface area contributed by atoms with Crippen LogP contribution in [0.25, 0.3) is 22.2 Å². The molecule has 0 N–H and O–H groups in total. The normalized spacial score (nSPS) is 11.7. The van der Waals surface area contributed by atoms with Crippen LogP contribution in [0.3, 0.4) is 0 Å². The number of nitrogens with zero attached hydrogens (tertiary/aromatic N) is 4. The van der Waals surface area contributed by atoms with Crippen LogP contribution in [0, 0.1) is 0 Å². The second kappa shape index (κ2) is 7.17. The van der Waals surface area contributed by atoms with Crippen LogP contribution in [0.5, 0.6) is 5.75 Å². The number of ether oxygens (including phenoxy) is 2. The van der Waals surface area contributed by atoms with Crippen molar-refractivity contribution in [2.45, 2.75) is 13.3 Å². The second-order valence-corrected chi connectivity index (χ2v) is 6.10. The summed E-state index contributed by atoms with van der Waals surface area (Å²) < 4.78 is 48.3. The predicted octanol–water partition coefficient (Wildman–Crippen LogP) is 3.11. The molecular formula is C19H13F3N4O4. The fraction of sp³-hybridized carbons (Fsp3) is 0.158. The molecule has 0 aliphatic heterocycles. The van der Waals surface area contributed by atoms with Gasteiger partial charge in [0.15, 0.2) is 5.65 Å². The third kappa shape index (κ3) is 3.45. The first-order valence-corrected chi connectivity index (χ1v) is 8.70. The van der Waals surface area contributed by atoms with Crippen LogP contribution in [0.1, 0.15) is 17.3 Å². The first-order valence-electron chi connectivity index (χ1n) is 8.70. The zero-order chi connectivity index (χ0) is 21.5. The Bertz CT molecular complexity index is 1310. The van der Waals surface area contributed by atoms with Crippen molar-refractivity contribution >= 4 is 22.5 Å². The SMILES string of the molecule is CCOC(=O)c1cnn2c1ncc1c(=O)n(-c3ccc(OC(F)(F)F)cc3)ccc12. The monoisotopic (exact) mass is 418 g/mol. The molecule has 0 saturated carbocycles. The number of esters is 1. The fourth-order valence-corrected chi connectivity index (χ4v) is 2.98. The molecule has 1 aromatic carbocycles. The number of pyridine rings is 1. The molecule has 0 aliphatic carbocycles. The quantitative estimate of drug-likeness (QED) is 0.474. The lowest BCUT2D eigenvalue weighted by atomic mass is 10.2. The maximum absolute atomic E-state index is 12.9. The van der Waals surface area contributed by atoms with Crippen LogP contribution < -0.4 is 10.3 Å². The molecule has 11 heteroatoms. The lowest BCUT2D eigenvalue weighted by Crippen LogP contribution is -2.19. The molecule has 0 fully saturated rings. The minimum absolute atomic E-state index is 0.170. The number of benzene rings is 1. The molecule has 4 rings (SSSR count). The minimum Gasteiger partial charge on any atom is -0.462 e. The highest BCUT2D eigenvalue weighted by atomic mass is 19.4. The van der Waals surface area contributed by atoms with Gasteiger partial charge in [0.05, 0.1) is 23.7 Å². The Hall–Kier alpha value is -3.89. The van der Waals surface area contributed by atoms with Gasteiger partial charge in [-0.15, -0.1) is 13.2 Å². The molecule has 0 bridgehead atoms. The molecule has 0 radical (unpaired) electrons. The summed E-state index contributed by atoms with van der Waals surface area (Å²) in [6.07, 6.45) is -0.723. The van der Waals surface area contributed by atoms with E-state index in [0.29, 0.717) is 11.2 Å². The van der Waals surface area contributed by atoms with Crippen LogP contribution in [-0.2, 0) is 4.74 Å². The van der Waals surface area contributed by atoms with Crippen molar-refractivity contribution in [2.24, 2.45) is 0 Å². The van der Waals surface area contributed by atoms with E-state index >= 15 is 0 Å². The van der Waals surface area contributed by atoms with Gasteiger partial charge in [0.1, 0.15) is 11.3 Å². The highest BCUT2D eigenvalue weighted by Crippen LogP contribution is 2.24. The van der Waals surface area contributed by atoms with Crippen molar-refractivity contribution in [3.8, 4) is 11.4 Å². The van der Waals surface area contributed by atoms with Gasteiger partial charge in [-0.1, -0.05) is 0 Å². The van der Waals surface area contributed by atoms with E-state index < -0.39 is 23.6 Å². The number of halogens is 3. The summed E-state index contributed by atoms with van der Waals surface area (Å²) in [5.41, 5.74) is 0.701. The Labute approximate surface area is 166 Å². The van der Waals surface area contributed by atoms with E-state index in [-0.39, 0.29) is 23.2 Å². The molecule has 0 unspecified atom stereocenters. The molecule has 4 aromatic rings. The summed E-state index contributed by atoms with van der Waals surface area (Å²) in [6, 6.07) is 6.47. The lowest BCUT2D eigenvalue weighted by Gasteiger charge is -2.11. The highest BCUT2D eigenvalue weighted by molar-refractivity contribution is 5.96. The van der Waals surface area contributed by atoms with Gasteiger partial charge in [-0.25, -0.2) is 14.3 Å². The van der Waals surface area contributed by atoms with Crippen molar-refractivity contribution in [1.29, 1.82) is 0 Å². The molecule has 0 saturated heterocycles. The topological polar surface area (TPSA) is 87.7 Å². The maximum Gasteiger partial charge on any atom is 0.573 e. The number of alkyl halides is 3. The number of hydrogen-bond donors (Lipinski definition) is 0. The predicted molar refractivity (Wildman–Crippen MR) is 98.7 cm³/mol. The second-order valence-electron chi connectivity index (χ2n) is 6.10. The smallest absolute Gasteiger partial charge is 0.462 e. The largest absolute Gasteiger partial charge is 0.573 e. The Balaban J connectivity index is 1.77. The molecule has 0 aliphatic rings. The van der Waals surface area contributed by atoms with Gasteiger partial charge in [-0.2, -0.15) is 5.10 Å². The van der Waals surface area contributed by atoms with Gasteiger partial charge in [0.25, 0.3) is 5.56 Å². The summed E-state index contributed by atoms with van der Waals surface area (Å²) in [5, 5.41) is 4.33. The summed E-state index contributed by atoms with van der Waals surface area (Å²) in [4.78, 5) is 29.1. The zero-order valence-corrected chi connectivity index (χ0v) is 15.4. The Morgan fingerprint density at radius 2 is 1.87 bits per heavy atom. The van der Waals surface area contributed by atoms with Gasteiger partial charge in [0.2, 0.25) is 0 Å². The van der Waals surface area contributed by atoms with E-state index in [1.807, 2.05) is 0 Å². The molecule has 0 amide bonds. The van der Waals surface area contributed by atoms with E-state index in [4.69, 9.17) is 4.74 Å². The van der Waals surface area contributed by atoms with Crippen molar-refractivity contribution in [3.05, 3.63) is 64.8 Å². The Morgan fingerprint density at radius 1 is 1.13 bits per heavy atom. The van der Waals surface area contributed by atoms with Crippen LogP contribution in [0.2, 0.25) is 0 Å². The van der Waals surface area contributed by atoms with E-state index in [1.165, 1.54) is 39.8 Å². The van der Waals surface area contributed by atoms with Crippen molar-refractivity contribution < 1.29 is 27.4 Å². The van der Waals surface area contributed by atoms with Crippen LogP contribution in [0.4, 0.5) is 13.2 Å². The van der Waals surface area contributed by atoms with Crippen molar-refractivity contribution in [1.82, 2.24) is 19.2 Å². The lowest BCUT2D eigenvalue weighted by molar-refractivity contribution is -0.274. The minimum atomic E-state index is -4.80. The fourth-order valence-electron chi connectivity index (χ4n) is 2.98. The zero-order valence-electron chi connectivity index (χ0n) is 15.4. The van der Waals surface area contributed by atoms with Gasteiger partial charge >= 0.3 is 12.3 Å². The Kier molecular flexibility index (Phi) is 4.65. The molecule has 3 aromatic heterocycles. The number of rotatable bonds is 4. The molecule has 0 spiro atoms. The summed E-state index contributed by atoms with van der Waals surface area (Å²) >= 11 is 0. The van der Waals surface area contributed by atoms with Gasteiger partial charge in [0, 0.05) is 18.1 Å². The van der Waals surface area contributed by atoms with Crippen molar-refractivity contribution in [3.63, 3.8) is 0 Å². The van der Waals surface area contributed by atoms with Crippen LogP contribution in [-0.4, -0.2) is 38.1 Å². The summed E-state index contributed by atoms with van der Waals surface area (Å²) in [7, 11) is 0. The summed E-state index contributed by atoms with van der Waals surface area (Å²) in [5.74, 6) is -0.972. The Morgan fingerprint density at radius 3 is 2.53 bits per heavy atom. The average molecular weight is 418 g/mol. The van der Waals surface area contributed by atoms with E-state index in [0.717, 1.165) is 12.1 Å². The molecule has 0 atom stereocenters. The number of aromatic nitrogens is 4. The third-order valence-electron chi connectivity index (χ3n) is 4.24. The van der Waals surface area contributed by atoms with Crippen LogP contribution >= 0.6 is 0 Å². The number of carbonyl (C=O) groups excluding carboxylic acids is 1. The molecule has 3 heterocycles. The summed E-state index contributed by atoms with van der Waals surface area (Å²) in [6.45, 7) is 1.87. The molecule has 8 nitrogen and oxygen atoms in total. The van der Waals surface area contributed by atoms with Gasteiger partial charge < -0.3 is 9.47 Å². The highest BCUT2D eigenvalue weighted by Gasteiger charge is 2.31. The third-order valence-corrected chi connectivity index (χ3v) is 4.24. The maximum atomic E-state index is 12.9. The van der Waals surface area contributed by atoms with E-state index in [1.54, 1.807) is 13.0 Å². The first-order chi connectivity index (χ1) is 14.3. The molecular weight excluding hydrogens is 405 g/mol. The van der Waals surface area contributed by atoms with E-state index in [2.05, 4.69) is 14.8 Å². The molecule has 154 valence electrons. The van der Waals surface area contributed by atoms with Gasteiger partial charge in [-0.3, -0.25) is 9.36 Å². The molecule has 30 heavy (non-hydrogen) atoms. The van der Waals surface area contributed by atoms with Crippen LogP contribution in [0.15, 0.2) is 53.7 Å². The first kappa shape index (κ1) is 19.4. The number of hydrogen-bond acceptors (Lipinski definition) is 6.